The number of halogens is 1. The highest BCUT2D eigenvalue weighted by Gasteiger charge is 2.32. The predicted octanol–water partition coefficient (Wildman–Crippen LogP) is 4.10. The molecule has 29 heavy (non-hydrogen) atoms. The molecule has 0 radical (unpaired) electrons. The summed E-state index contributed by atoms with van der Waals surface area (Å²) in [5.74, 6) is -0.395. The molecule has 5 nitrogen and oxygen atoms in total. The first-order valence-electron chi connectivity index (χ1n) is 9.69. The van der Waals surface area contributed by atoms with Crippen LogP contribution >= 0.6 is 0 Å². The molecule has 0 aliphatic rings. The van der Waals surface area contributed by atoms with Crippen LogP contribution in [-0.4, -0.2) is 48.5 Å². The van der Waals surface area contributed by atoms with Crippen molar-refractivity contribution in [3.63, 3.8) is 0 Å². The summed E-state index contributed by atoms with van der Waals surface area (Å²) in [6, 6.07) is 19.8. The maximum atomic E-state index is 15.2. The number of ether oxygens (including phenoxy) is 1. The molecule has 1 unspecified atom stereocenters. The topological polar surface area (TPSA) is 66.8 Å². The Hall–Kier alpha value is -1.80. The maximum absolute atomic E-state index is 15.2. The van der Waals surface area contributed by atoms with Gasteiger partial charge in [-0.3, -0.25) is 9.45 Å². The molecule has 0 spiro atoms. The van der Waals surface area contributed by atoms with Crippen LogP contribution < -0.4 is 0 Å². The fraction of sp³-hybridized carbons (Fsp3) is 0.455. The van der Waals surface area contributed by atoms with Crippen LogP contribution in [0, 0.1) is 0 Å². The molecule has 2 aromatic carbocycles. The smallest absolute Gasteiger partial charge is 0.264 e. The van der Waals surface area contributed by atoms with E-state index in [0.717, 1.165) is 11.1 Å². The Kier molecular flexibility index (Phi) is 8.77. The minimum absolute atomic E-state index is 0.0601. The van der Waals surface area contributed by atoms with Gasteiger partial charge in [-0.2, -0.15) is 8.42 Å². The van der Waals surface area contributed by atoms with Crippen molar-refractivity contribution in [3.8, 4) is 0 Å². The first-order valence-corrected chi connectivity index (χ1v) is 11.3. The average Bonchev–Trinajstić information content (AvgIpc) is 2.66. The number of nitrogens with zero attached hydrogens (tertiary/aromatic N) is 1. The van der Waals surface area contributed by atoms with Gasteiger partial charge in [0.2, 0.25) is 0 Å². The van der Waals surface area contributed by atoms with Crippen LogP contribution in [0.5, 0.6) is 0 Å². The molecule has 0 aliphatic heterocycles. The van der Waals surface area contributed by atoms with Gasteiger partial charge in [0.05, 0.1) is 11.4 Å². The second kappa shape index (κ2) is 10.8. The summed E-state index contributed by atoms with van der Waals surface area (Å²) in [7, 11) is -4.03. The standard InChI is InChI=1S/C22H30FNO4S/c1-22(2,28-14-9-15-29(25,26)27)21(23)18-24(16-19-10-5-3-6-11-19)17-20-12-7-4-8-13-20/h3-8,10-13,21H,9,14-18H2,1-2H3,(H,25,26,27). The van der Waals surface area contributed by atoms with Crippen molar-refractivity contribution in [3.05, 3.63) is 71.8 Å². The van der Waals surface area contributed by atoms with E-state index in [0.29, 0.717) is 13.1 Å². The van der Waals surface area contributed by atoms with Crippen LogP contribution in [-0.2, 0) is 27.9 Å². The molecule has 1 atom stereocenters. The lowest BCUT2D eigenvalue weighted by molar-refractivity contribution is -0.0798. The van der Waals surface area contributed by atoms with E-state index in [9.17, 15) is 8.42 Å². The van der Waals surface area contributed by atoms with E-state index in [-0.39, 0.29) is 19.6 Å². The highest BCUT2D eigenvalue weighted by atomic mass is 32.2. The van der Waals surface area contributed by atoms with Crippen LogP contribution in [0.25, 0.3) is 0 Å². The summed E-state index contributed by atoms with van der Waals surface area (Å²) in [5.41, 5.74) is 1.12. The molecular formula is C22H30FNO4S. The Balaban J connectivity index is 1.99. The van der Waals surface area contributed by atoms with Gasteiger partial charge in [-0.15, -0.1) is 0 Å². The van der Waals surface area contributed by atoms with Crippen molar-refractivity contribution in [1.82, 2.24) is 4.90 Å². The third-order valence-electron chi connectivity index (χ3n) is 4.69. The molecule has 0 saturated carbocycles. The number of alkyl halides is 1. The Bertz CT molecular complexity index is 787. The van der Waals surface area contributed by atoms with Crippen molar-refractivity contribution in [1.29, 1.82) is 0 Å². The Morgan fingerprint density at radius 3 is 1.93 bits per heavy atom. The number of rotatable bonds is 12. The van der Waals surface area contributed by atoms with Crippen LogP contribution in [0.3, 0.4) is 0 Å². The minimum atomic E-state index is -4.03. The Morgan fingerprint density at radius 2 is 1.48 bits per heavy atom. The van der Waals surface area contributed by atoms with E-state index in [1.165, 1.54) is 0 Å². The quantitative estimate of drug-likeness (QED) is 0.411. The van der Waals surface area contributed by atoms with Crippen molar-refractivity contribution < 1.29 is 22.1 Å². The maximum Gasteiger partial charge on any atom is 0.264 e. The molecule has 0 aromatic heterocycles. The predicted molar refractivity (Wildman–Crippen MR) is 113 cm³/mol. The lowest BCUT2D eigenvalue weighted by Crippen LogP contribution is -2.44. The van der Waals surface area contributed by atoms with Crippen molar-refractivity contribution >= 4 is 10.1 Å². The number of hydrogen-bond acceptors (Lipinski definition) is 4. The normalized spacial score (nSPS) is 13.6. The monoisotopic (exact) mass is 423 g/mol. The molecule has 0 aliphatic carbocycles. The third-order valence-corrected chi connectivity index (χ3v) is 5.50. The fourth-order valence-corrected chi connectivity index (χ4v) is 3.46. The zero-order valence-electron chi connectivity index (χ0n) is 17.0. The van der Waals surface area contributed by atoms with Crippen LogP contribution in [0.2, 0.25) is 0 Å². The molecule has 2 aromatic rings. The summed E-state index contributed by atoms with van der Waals surface area (Å²) in [5, 5.41) is 0. The second-order valence-electron chi connectivity index (χ2n) is 7.70. The minimum Gasteiger partial charge on any atom is -0.372 e. The summed E-state index contributed by atoms with van der Waals surface area (Å²) < 4.78 is 51.2. The fourth-order valence-electron chi connectivity index (χ4n) is 2.98. The molecule has 7 heteroatoms. The number of hydrogen-bond donors (Lipinski definition) is 1. The van der Waals surface area contributed by atoms with E-state index in [1.54, 1.807) is 13.8 Å². The van der Waals surface area contributed by atoms with Gasteiger partial charge in [0.15, 0.2) is 0 Å². The van der Waals surface area contributed by atoms with E-state index in [4.69, 9.17) is 9.29 Å². The van der Waals surface area contributed by atoms with Gasteiger partial charge in [0.1, 0.15) is 6.17 Å². The Labute approximate surface area is 173 Å². The SMILES string of the molecule is CC(C)(OCCCS(=O)(=O)O)C(F)CN(Cc1ccccc1)Cc1ccccc1. The lowest BCUT2D eigenvalue weighted by Gasteiger charge is -2.33. The summed E-state index contributed by atoms with van der Waals surface area (Å²) in [6.07, 6.45) is -1.16. The van der Waals surface area contributed by atoms with Gasteiger partial charge in [0, 0.05) is 26.2 Å². The van der Waals surface area contributed by atoms with Gasteiger partial charge >= 0.3 is 0 Å². The van der Waals surface area contributed by atoms with Gasteiger partial charge < -0.3 is 4.74 Å². The summed E-state index contributed by atoms with van der Waals surface area (Å²) in [6.45, 7) is 4.77. The van der Waals surface area contributed by atoms with Crippen molar-refractivity contribution in [2.45, 2.75) is 45.1 Å². The molecule has 0 bridgehead atoms. The lowest BCUT2D eigenvalue weighted by atomic mass is 10.0. The molecule has 0 fully saturated rings. The second-order valence-corrected chi connectivity index (χ2v) is 9.27. The van der Waals surface area contributed by atoms with Crippen LogP contribution in [0.1, 0.15) is 31.4 Å². The molecular weight excluding hydrogens is 393 g/mol. The van der Waals surface area contributed by atoms with Crippen molar-refractivity contribution in [2.24, 2.45) is 0 Å². The molecule has 0 amide bonds. The van der Waals surface area contributed by atoms with E-state index < -0.39 is 27.6 Å². The molecule has 0 saturated heterocycles. The number of benzene rings is 2. The summed E-state index contributed by atoms with van der Waals surface area (Å²) >= 11 is 0. The Morgan fingerprint density at radius 1 is 1.00 bits per heavy atom. The van der Waals surface area contributed by atoms with E-state index in [2.05, 4.69) is 0 Å². The molecule has 0 heterocycles. The molecule has 160 valence electrons. The average molecular weight is 424 g/mol. The zero-order valence-corrected chi connectivity index (χ0v) is 17.8. The largest absolute Gasteiger partial charge is 0.372 e. The first kappa shape index (κ1) is 23.5. The highest BCUT2D eigenvalue weighted by molar-refractivity contribution is 7.85. The first-order chi connectivity index (χ1) is 13.7. The molecule has 2 rings (SSSR count). The third kappa shape index (κ3) is 9.04. The summed E-state index contributed by atoms with van der Waals surface area (Å²) in [4.78, 5) is 2.04. The highest BCUT2D eigenvalue weighted by Crippen LogP contribution is 2.22. The van der Waals surface area contributed by atoms with Gasteiger partial charge in [-0.25, -0.2) is 4.39 Å². The van der Waals surface area contributed by atoms with Gasteiger partial charge in [-0.05, 0) is 31.4 Å². The van der Waals surface area contributed by atoms with Gasteiger partial charge in [0.25, 0.3) is 10.1 Å². The van der Waals surface area contributed by atoms with Crippen LogP contribution in [0.15, 0.2) is 60.7 Å². The van der Waals surface area contributed by atoms with Crippen molar-refractivity contribution in [2.75, 3.05) is 18.9 Å². The zero-order chi connectivity index (χ0) is 21.3. The van der Waals surface area contributed by atoms with E-state index >= 15 is 4.39 Å². The van der Waals surface area contributed by atoms with E-state index in [1.807, 2.05) is 65.6 Å². The van der Waals surface area contributed by atoms with Gasteiger partial charge in [-0.1, -0.05) is 60.7 Å². The molecule has 1 N–H and O–H groups in total. The van der Waals surface area contributed by atoms with Crippen LogP contribution in [0.4, 0.5) is 4.39 Å².